The second kappa shape index (κ2) is 6.09. The Morgan fingerprint density at radius 3 is 2.62 bits per heavy atom. The summed E-state index contributed by atoms with van der Waals surface area (Å²) >= 11 is 5.61. The molecule has 2 aromatic heterocycles. The Labute approximate surface area is 123 Å². The highest BCUT2D eigenvalue weighted by Gasteiger charge is 2.35. The van der Waals surface area contributed by atoms with Gasteiger partial charge < -0.3 is 5.32 Å². The van der Waals surface area contributed by atoms with E-state index in [1.54, 1.807) is 6.07 Å². The van der Waals surface area contributed by atoms with Gasteiger partial charge in [-0.3, -0.25) is 9.78 Å². The molecule has 1 amide bonds. The maximum Gasteiger partial charge on any atom is 0.417 e. The van der Waals surface area contributed by atoms with E-state index in [2.05, 4.69) is 15.3 Å². The lowest BCUT2D eigenvalue weighted by Gasteiger charge is -2.12. The minimum atomic E-state index is -4.61. The average Bonchev–Trinajstić information content (AvgIpc) is 2.45. The van der Waals surface area contributed by atoms with E-state index in [0.717, 1.165) is 18.5 Å². The quantitative estimate of drug-likeness (QED) is 0.886. The molecular weight excluding hydrogens is 307 g/mol. The number of amides is 1. The number of pyridine rings is 2. The molecule has 0 saturated heterocycles. The SMILES string of the molecule is O=C(NCc1ccc(Cl)nc1)c1cnccc1C(F)(F)F. The van der Waals surface area contributed by atoms with Crippen molar-refractivity contribution in [2.24, 2.45) is 0 Å². The largest absolute Gasteiger partial charge is 0.417 e. The summed E-state index contributed by atoms with van der Waals surface area (Å²) in [6.07, 6.45) is -1.31. The first kappa shape index (κ1) is 15.2. The van der Waals surface area contributed by atoms with Gasteiger partial charge in [0.1, 0.15) is 5.15 Å². The van der Waals surface area contributed by atoms with Crippen LogP contribution in [0.3, 0.4) is 0 Å². The van der Waals surface area contributed by atoms with Crippen molar-refractivity contribution >= 4 is 17.5 Å². The lowest BCUT2D eigenvalue weighted by atomic mass is 10.1. The van der Waals surface area contributed by atoms with E-state index in [9.17, 15) is 18.0 Å². The summed E-state index contributed by atoms with van der Waals surface area (Å²) < 4.78 is 38.4. The van der Waals surface area contributed by atoms with E-state index in [-0.39, 0.29) is 11.7 Å². The van der Waals surface area contributed by atoms with Gasteiger partial charge in [-0.15, -0.1) is 0 Å². The van der Waals surface area contributed by atoms with Crippen molar-refractivity contribution in [3.05, 3.63) is 58.6 Å². The molecule has 0 atom stereocenters. The molecule has 0 unspecified atom stereocenters. The maximum absolute atomic E-state index is 12.8. The monoisotopic (exact) mass is 315 g/mol. The average molecular weight is 316 g/mol. The zero-order chi connectivity index (χ0) is 15.5. The topological polar surface area (TPSA) is 54.9 Å². The molecule has 0 aliphatic heterocycles. The molecule has 8 heteroatoms. The third kappa shape index (κ3) is 3.91. The Balaban J connectivity index is 2.12. The molecule has 0 saturated carbocycles. The van der Waals surface area contributed by atoms with E-state index in [1.165, 1.54) is 12.3 Å². The number of carbonyl (C=O) groups is 1. The summed E-state index contributed by atoms with van der Waals surface area (Å²) in [5, 5.41) is 2.67. The number of rotatable bonds is 3. The predicted octanol–water partition coefficient (Wildman–Crippen LogP) is 3.08. The smallest absolute Gasteiger partial charge is 0.348 e. The molecule has 1 N–H and O–H groups in total. The van der Waals surface area contributed by atoms with Gasteiger partial charge >= 0.3 is 6.18 Å². The minimum absolute atomic E-state index is 0.0369. The number of nitrogens with one attached hydrogen (secondary N) is 1. The molecular formula is C13H9ClF3N3O. The standard InChI is InChI=1S/C13H9ClF3N3O/c14-11-2-1-8(5-19-11)6-20-12(21)9-7-18-4-3-10(9)13(15,16)17/h1-5,7H,6H2,(H,20,21). The van der Waals surface area contributed by atoms with E-state index >= 15 is 0 Å². The molecule has 0 aromatic carbocycles. The summed E-state index contributed by atoms with van der Waals surface area (Å²) in [5.41, 5.74) is -0.929. The Morgan fingerprint density at radius 2 is 2.00 bits per heavy atom. The Morgan fingerprint density at radius 1 is 1.24 bits per heavy atom. The lowest BCUT2D eigenvalue weighted by molar-refractivity contribution is -0.138. The fraction of sp³-hybridized carbons (Fsp3) is 0.154. The van der Waals surface area contributed by atoms with Crippen LogP contribution in [0.4, 0.5) is 13.2 Å². The zero-order valence-corrected chi connectivity index (χ0v) is 11.2. The number of halogens is 4. The maximum atomic E-state index is 12.8. The third-order valence-electron chi connectivity index (χ3n) is 2.61. The van der Waals surface area contributed by atoms with E-state index in [1.807, 2.05) is 0 Å². The number of hydrogen-bond donors (Lipinski definition) is 1. The van der Waals surface area contributed by atoms with Crippen LogP contribution < -0.4 is 5.32 Å². The van der Waals surface area contributed by atoms with Crippen LogP contribution in [0.15, 0.2) is 36.8 Å². The lowest BCUT2D eigenvalue weighted by Crippen LogP contribution is -2.26. The molecule has 21 heavy (non-hydrogen) atoms. The normalized spacial score (nSPS) is 11.2. The number of aromatic nitrogens is 2. The molecule has 4 nitrogen and oxygen atoms in total. The van der Waals surface area contributed by atoms with Gasteiger partial charge in [-0.2, -0.15) is 13.2 Å². The molecule has 2 aromatic rings. The highest BCUT2D eigenvalue weighted by molar-refractivity contribution is 6.29. The van der Waals surface area contributed by atoms with Crippen molar-refractivity contribution in [1.29, 1.82) is 0 Å². The second-order valence-corrected chi connectivity index (χ2v) is 4.48. The van der Waals surface area contributed by atoms with Crippen molar-refractivity contribution < 1.29 is 18.0 Å². The molecule has 2 heterocycles. The van der Waals surface area contributed by atoms with Crippen molar-refractivity contribution in [2.45, 2.75) is 12.7 Å². The molecule has 0 spiro atoms. The highest BCUT2D eigenvalue weighted by atomic mass is 35.5. The first-order chi connectivity index (χ1) is 9.88. The van der Waals surface area contributed by atoms with Gasteiger partial charge in [0, 0.05) is 25.1 Å². The molecule has 0 bridgehead atoms. The fourth-order valence-corrected chi connectivity index (χ4v) is 1.72. The van der Waals surface area contributed by atoms with Crippen LogP contribution in [0.5, 0.6) is 0 Å². The van der Waals surface area contributed by atoms with Crippen molar-refractivity contribution in [2.75, 3.05) is 0 Å². The fourth-order valence-electron chi connectivity index (χ4n) is 1.61. The second-order valence-electron chi connectivity index (χ2n) is 4.09. The Bertz CT molecular complexity index is 644. The molecule has 0 fully saturated rings. The molecule has 0 aliphatic carbocycles. The highest BCUT2D eigenvalue weighted by Crippen LogP contribution is 2.31. The van der Waals surface area contributed by atoms with Crippen LogP contribution in [-0.2, 0) is 12.7 Å². The summed E-state index contributed by atoms with van der Waals surface area (Å²) in [4.78, 5) is 19.2. The van der Waals surface area contributed by atoms with Gasteiger partial charge in [-0.25, -0.2) is 4.98 Å². The molecule has 2 rings (SSSR count). The van der Waals surface area contributed by atoms with Gasteiger partial charge in [0.15, 0.2) is 0 Å². The van der Waals surface area contributed by atoms with E-state index in [4.69, 9.17) is 11.6 Å². The van der Waals surface area contributed by atoms with Crippen LogP contribution in [0.1, 0.15) is 21.5 Å². The van der Waals surface area contributed by atoms with Crippen LogP contribution >= 0.6 is 11.6 Å². The summed E-state index contributed by atoms with van der Waals surface area (Å²) in [5.74, 6) is -0.856. The predicted molar refractivity (Wildman–Crippen MR) is 69.7 cm³/mol. The number of alkyl halides is 3. The van der Waals surface area contributed by atoms with Gasteiger partial charge in [0.25, 0.3) is 5.91 Å². The first-order valence-electron chi connectivity index (χ1n) is 5.78. The molecule has 0 aliphatic rings. The number of carbonyl (C=O) groups excluding carboxylic acids is 1. The summed E-state index contributed by atoms with van der Waals surface area (Å²) in [6.45, 7) is 0.0369. The van der Waals surface area contributed by atoms with Crippen LogP contribution in [0, 0.1) is 0 Å². The zero-order valence-electron chi connectivity index (χ0n) is 10.5. The number of hydrogen-bond acceptors (Lipinski definition) is 3. The minimum Gasteiger partial charge on any atom is -0.348 e. The van der Waals surface area contributed by atoms with Gasteiger partial charge in [0.2, 0.25) is 0 Å². The third-order valence-corrected chi connectivity index (χ3v) is 2.84. The van der Waals surface area contributed by atoms with Gasteiger partial charge in [-0.1, -0.05) is 17.7 Å². The van der Waals surface area contributed by atoms with Crippen LogP contribution in [-0.4, -0.2) is 15.9 Å². The van der Waals surface area contributed by atoms with Crippen LogP contribution in [0.2, 0.25) is 5.15 Å². The summed E-state index contributed by atoms with van der Waals surface area (Å²) in [6, 6.07) is 3.90. The molecule has 0 radical (unpaired) electrons. The Hall–Kier alpha value is -2.15. The van der Waals surface area contributed by atoms with E-state index in [0.29, 0.717) is 5.56 Å². The van der Waals surface area contributed by atoms with Gasteiger partial charge in [-0.05, 0) is 17.7 Å². The summed E-state index contributed by atoms with van der Waals surface area (Å²) in [7, 11) is 0. The molecule has 110 valence electrons. The van der Waals surface area contributed by atoms with Crippen molar-refractivity contribution in [3.8, 4) is 0 Å². The number of nitrogens with zero attached hydrogens (tertiary/aromatic N) is 2. The van der Waals surface area contributed by atoms with Crippen LogP contribution in [0.25, 0.3) is 0 Å². The van der Waals surface area contributed by atoms with Crippen molar-refractivity contribution in [1.82, 2.24) is 15.3 Å². The van der Waals surface area contributed by atoms with Crippen molar-refractivity contribution in [3.63, 3.8) is 0 Å². The Kier molecular flexibility index (Phi) is 4.42. The van der Waals surface area contributed by atoms with Gasteiger partial charge in [0.05, 0.1) is 11.1 Å². The van der Waals surface area contributed by atoms with E-state index < -0.39 is 23.2 Å². The first-order valence-corrected chi connectivity index (χ1v) is 6.15.